The van der Waals surface area contributed by atoms with Crippen LogP contribution in [0, 0.1) is 22.4 Å². The Morgan fingerprint density at radius 3 is 2.70 bits per heavy atom. The second kappa shape index (κ2) is 5.35. The number of aromatic nitrogens is 1. The molecule has 2 rings (SSSR count). The highest BCUT2D eigenvalue weighted by Crippen LogP contribution is 2.31. The summed E-state index contributed by atoms with van der Waals surface area (Å²) in [5.41, 5.74) is 6.21. The third-order valence-electron chi connectivity index (χ3n) is 2.56. The number of nitrogen functional groups attached to an aromatic ring is 1. The maximum atomic E-state index is 10.9. The van der Waals surface area contributed by atoms with Crippen LogP contribution in [-0.4, -0.2) is 15.7 Å². The predicted molar refractivity (Wildman–Crippen MR) is 73.2 cm³/mol. The van der Waals surface area contributed by atoms with Crippen molar-refractivity contribution in [2.75, 3.05) is 0 Å². The van der Waals surface area contributed by atoms with Gasteiger partial charge in [-0.2, -0.15) is 0 Å². The van der Waals surface area contributed by atoms with Gasteiger partial charge >= 0.3 is 5.69 Å². The molecule has 7 nitrogen and oxygen atoms in total. The number of rotatable bonds is 4. The molecule has 0 spiro atoms. The topological polar surface area (TPSA) is 115 Å². The largest absolute Gasteiger partial charge is 0.431 e. The molecule has 20 heavy (non-hydrogen) atoms. The summed E-state index contributed by atoms with van der Waals surface area (Å²) in [5, 5.41) is 18.4. The molecule has 0 saturated heterocycles. The van der Waals surface area contributed by atoms with Crippen LogP contribution >= 0.6 is 0 Å². The van der Waals surface area contributed by atoms with E-state index < -0.39 is 4.92 Å². The number of nitro groups is 1. The monoisotopic (exact) mass is 272 g/mol. The Hall–Kier alpha value is -2.96. The molecule has 2 aromatic rings. The van der Waals surface area contributed by atoms with Gasteiger partial charge < -0.3 is 10.5 Å². The van der Waals surface area contributed by atoms with Crippen LogP contribution in [-0.2, 0) is 0 Å². The number of nitro benzene ring substituents is 1. The molecule has 0 aliphatic carbocycles. The van der Waals surface area contributed by atoms with Crippen molar-refractivity contribution in [3.05, 3.63) is 57.8 Å². The summed E-state index contributed by atoms with van der Waals surface area (Å²) >= 11 is 0. The molecule has 102 valence electrons. The van der Waals surface area contributed by atoms with Crippen LogP contribution in [0.15, 0.2) is 36.4 Å². The van der Waals surface area contributed by atoms with Crippen LogP contribution < -0.4 is 10.5 Å². The van der Waals surface area contributed by atoms with Crippen molar-refractivity contribution in [3.63, 3.8) is 0 Å². The molecule has 1 aromatic heterocycles. The summed E-state index contributed by atoms with van der Waals surface area (Å²) in [5.74, 6) is -0.0871. The van der Waals surface area contributed by atoms with Crippen LogP contribution in [0.3, 0.4) is 0 Å². The minimum Gasteiger partial charge on any atom is -0.431 e. The Bertz CT molecular complexity index is 685. The van der Waals surface area contributed by atoms with E-state index in [1.807, 2.05) is 0 Å². The number of nitrogens with zero attached hydrogens (tertiary/aromatic N) is 2. The van der Waals surface area contributed by atoms with Gasteiger partial charge in [0.1, 0.15) is 5.84 Å². The number of pyridine rings is 1. The van der Waals surface area contributed by atoms with Crippen LogP contribution in [0.25, 0.3) is 0 Å². The minimum atomic E-state index is -0.543. The second-order valence-electron chi connectivity index (χ2n) is 4.05. The van der Waals surface area contributed by atoms with Gasteiger partial charge in [0, 0.05) is 11.8 Å². The SMILES string of the molecule is Cc1ccc(C(=N)N)c(Oc2ccccc2[N+](=O)[O-])n1. The number of hydrogen-bond donors (Lipinski definition) is 2. The molecule has 0 saturated carbocycles. The summed E-state index contributed by atoms with van der Waals surface area (Å²) in [7, 11) is 0. The average molecular weight is 272 g/mol. The predicted octanol–water partition coefficient (Wildman–Crippen LogP) is 2.37. The van der Waals surface area contributed by atoms with Crippen molar-refractivity contribution >= 4 is 11.5 Å². The van der Waals surface area contributed by atoms with Crippen molar-refractivity contribution in [2.24, 2.45) is 5.73 Å². The smallest absolute Gasteiger partial charge is 0.311 e. The number of para-hydroxylation sites is 2. The molecule has 0 radical (unpaired) electrons. The van der Waals surface area contributed by atoms with E-state index in [0.717, 1.165) is 0 Å². The first-order valence-corrected chi connectivity index (χ1v) is 5.72. The van der Waals surface area contributed by atoms with Crippen molar-refractivity contribution in [1.29, 1.82) is 5.41 Å². The van der Waals surface area contributed by atoms with E-state index >= 15 is 0 Å². The van der Waals surface area contributed by atoms with Gasteiger partial charge in [-0.15, -0.1) is 0 Å². The van der Waals surface area contributed by atoms with E-state index in [-0.39, 0.29) is 28.7 Å². The molecule has 0 aliphatic heterocycles. The average Bonchev–Trinajstić information content (AvgIpc) is 2.38. The fourth-order valence-electron chi connectivity index (χ4n) is 1.61. The Morgan fingerprint density at radius 2 is 2.05 bits per heavy atom. The normalized spacial score (nSPS) is 10.1. The Balaban J connectivity index is 2.47. The van der Waals surface area contributed by atoms with Crippen molar-refractivity contribution in [1.82, 2.24) is 4.98 Å². The molecule has 0 bridgehead atoms. The number of nitrogens with two attached hydrogens (primary N) is 1. The van der Waals surface area contributed by atoms with Crippen molar-refractivity contribution < 1.29 is 9.66 Å². The Morgan fingerprint density at radius 1 is 1.35 bits per heavy atom. The Labute approximate surface area is 114 Å². The molecule has 1 heterocycles. The van der Waals surface area contributed by atoms with E-state index in [4.69, 9.17) is 15.9 Å². The number of aryl methyl sites for hydroxylation is 1. The third-order valence-corrected chi connectivity index (χ3v) is 2.56. The fourth-order valence-corrected chi connectivity index (χ4v) is 1.61. The van der Waals surface area contributed by atoms with E-state index in [1.165, 1.54) is 12.1 Å². The first kappa shape index (κ1) is 13.5. The molecule has 3 N–H and O–H groups in total. The van der Waals surface area contributed by atoms with Gasteiger partial charge in [-0.25, -0.2) is 4.98 Å². The summed E-state index contributed by atoms with van der Waals surface area (Å²) in [6, 6.07) is 9.23. The zero-order valence-corrected chi connectivity index (χ0v) is 10.7. The number of benzene rings is 1. The lowest BCUT2D eigenvalue weighted by Gasteiger charge is -2.09. The molecule has 7 heteroatoms. The first-order valence-electron chi connectivity index (χ1n) is 5.72. The minimum absolute atomic E-state index is 0.0538. The van der Waals surface area contributed by atoms with Gasteiger partial charge in [0.05, 0.1) is 10.5 Å². The van der Waals surface area contributed by atoms with E-state index in [1.54, 1.807) is 31.2 Å². The summed E-state index contributed by atoms with van der Waals surface area (Å²) in [6.45, 7) is 1.75. The number of nitrogens with one attached hydrogen (secondary N) is 1. The van der Waals surface area contributed by atoms with Crippen molar-refractivity contribution in [2.45, 2.75) is 6.92 Å². The highest BCUT2D eigenvalue weighted by Gasteiger charge is 2.17. The van der Waals surface area contributed by atoms with Crippen LogP contribution in [0.5, 0.6) is 11.6 Å². The quantitative estimate of drug-likeness (QED) is 0.383. The van der Waals surface area contributed by atoms with Crippen molar-refractivity contribution in [3.8, 4) is 11.6 Å². The fraction of sp³-hybridized carbons (Fsp3) is 0.0769. The summed E-state index contributed by atoms with van der Waals surface area (Å²) in [6.07, 6.45) is 0. The lowest BCUT2D eigenvalue weighted by Crippen LogP contribution is -2.13. The molecule has 1 aromatic carbocycles. The summed E-state index contributed by atoms with van der Waals surface area (Å²) < 4.78 is 5.47. The molecule has 0 amide bonds. The third kappa shape index (κ3) is 2.72. The molecular formula is C13H12N4O3. The first-order chi connectivity index (χ1) is 9.49. The van der Waals surface area contributed by atoms with Gasteiger partial charge in [0.2, 0.25) is 11.6 Å². The zero-order valence-electron chi connectivity index (χ0n) is 10.7. The van der Waals surface area contributed by atoms with Crippen LogP contribution in [0.1, 0.15) is 11.3 Å². The second-order valence-corrected chi connectivity index (χ2v) is 4.05. The maximum absolute atomic E-state index is 10.9. The van der Waals surface area contributed by atoms with E-state index in [9.17, 15) is 10.1 Å². The molecule has 0 unspecified atom stereocenters. The molecule has 0 fully saturated rings. The van der Waals surface area contributed by atoms with Crippen LogP contribution in [0.2, 0.25) is 0 Å². The summed E-state index contributed by atoms with van der Waals surface area (Å²) in [4.78, 5) is 14.5. The molecular weight excluding hydrogens is 260 g/mol. The lowest BCUT2D eigenvalue weighted by molar-refractivity contribution is -0.385. The lowest BCUT2D eigenvalue weighted by atomic mass is 10.2. The highest BCUT2D eigenvalue weighted by molar-refractivity contribution is 5.97. The number of ether oxygens (including phenoxy) is 1. The van der Waals surface area contributed by atoms with Gasteiger partial charge in [-0.05, 0) is 25.1 Å². The van der Waals surface area contributed by atoms with E-state index in [0.29, 0.717) is 5.69 Å². The van der Waals surface area contributed by atoms with Gasteiger partial charge in [-0.1, -0.05) is 12.1 Å². The molecule has 0 aliphatic rings. The van der Waals surface area contributed by atoms with Crippen LogP contribution in [0.4, 0.5) is 5.69 Å². The van der Waals surface area contributed by atoms with Gasteiger partial charge in [0.15, 0.2) is 0 Å². The molecule has 0 atom stereocenters. The number of hydrogen-bond acceptors (Lipinski definition) is 5. The Kier molecular flexibility index (Phi) is 3.60. The standard InChI is InChI=1S/C13H12N4O3/c1-8-6-7-9(12(14)15)13(16-8)20-11-5-3-2-4-10(11)17(18)19/h2-7H,1H3,(H3,14,15). The maximum Gasteiger partial charge on any atom is 0.311 e. The number of amidine groups is 1. The highest BCUT2D eigenvalue weighted by atomic mass is 16.6. The van der Waals surface area contributed by atoms with E-state index in [2.05, 4.69) is 4.98 Å². The van der Waals surface area contributed by atoms with Gasteiger partial charge in [0.25, 0.3) is 0 Å². The zero-order chi connectivity index (χ0) is 14.7. The van der Waals surface area contributed by atoms with Gasteiger partial charge in [-0.3, -0.25) is 15.5 Å².